The third kappa shape index (κ3) is 6.00. The van der Waals surface area contributed by atoms with Crippen LogP contribution in [-0.2, 0) is 24.0 Å². The van der Waals surface area contributed by atoms with E-state index < -0.39 is 35.5 Å². The van der Waals surface area contributed by atoms with Gasteiger partial charge in [0.25, 0.3) is 11.7 Å². The van der Waals surface area contributed by atoms with Gasteiger partial charge in [0.1, 0.15) is 6.04 Å². The Hall–Kier alpha value is -3.07. The van der Waals surface area contributed by atoms with Crippen LogP contribution >= 0.6 is 0 Å². The first-order chi connectivity index (χ1) is 15.1. The molecule has 2 fully saturated rings. The van der Waals surface area contributed by atoms with Crippen molar-refractivity contribution in [1.29, 1.82) is 0 Å². The highest BCUT2D eigenvalue weighted by molar-refractivity contribution is 6.39. The maximum Gasteiger partial charge on any atom is 0.403 e. The molecule has 2 saturated heterocycles. The van der Waals surface area contributed by atoms with E-state index in [4.69, 9.17) is 0 Å². The van der Waals surface area contributed by atoms with Gasteiger partial charge in [-0.1, -0.05) is 27.7 Å². The molecule has 2 atom stereocenters. The summed E-state index contributed by atoms with van der Waals surface area (Å²) in [6, 6.07) is -2.02. The van der Waals surface area contributed by atoms with Gasteiger partial charge in [-0.3, -0.25) is 24.2 Å². The molecule has 2 aliphatic rings. The van der Waals surface area contributed by atoms with Gasteiger partial charge in [0.05, 0.1) is 0 Å². The largest absolute Gasteiger partial charge is 0.497 e. The van der Waals surface area contributed by atoms with Crippen molar-refractivity contribution in [2.45, 2.75) is 78.3 Å². The number of amidine groups is 1. The zero-order valence-corrected chi connectivity index (χ0v) is 19.1. The van der Waals surface area contributed by atoms with E-state index >= 15 is 0 Å². The summed E-state index contributed by atoms with van der Waals surface area (Å²) in [6.07, 6.45) is 1.57. The van der Waals surface area contributed by atoms with Crippen LogP contribution in [0, 0.1) is 11.8 Å². The SMILES string of the molecule is CC(C)CCC(=O)C(=[N+]=[N-])NC(=O)[C@@H]1CCCN2C(=O)CCC(NC(=O)C(C)C)C(=O)N12. The number of carbonyl (C=O) groups excluding carboxylic acids is 5. The molecule has 0 aromatic heterocycles. The molecule has 2 aliphatic heterocycles. The lowest BCUT2D eigenvalue weighted by Crippen LogP contribution is -2.64. The van der Waals surface area contributed by atoms with Gasteiger partial charge in [-0.25, -0.2) is 9.80 Å². The number of nitrogens with one attached hydrogen (secondary N) is 2. The molecule has 1 unspecified atom stereocenters. The molecular weight excluding hydrogens is 416 g/mol. The molecule has 0 spiro atoms. The van der Waals surface area contributed by atoms with Gasteiger partial charge in [0.15, 0.2) is 6.04 Å². The molecule has 0 aliphatic carbocycles. The molecule has 0 aromatic carbocycles. The fraction of sp³-hybridized carbons (Fsp3) is 0.714. The second-order valence-corrected chi connectivity index (χ2v) is 8.91. The Morgan fingerprint density at radius 3 is 2.44 bits per heavy atom. The van der Waals surface area contributed by atoms with Crippen LogP contribution in [-0.4, -0.2) is 68.7 Å². The van der Waals surface area contributed by atoms with Crippen LogP contribution in [0.2, 0.25) is 0 Å². The summed E-state index contributed by atoms with van der Waals surface area (Å²) >= 11 is 0. The number of carbonyl (C=O) groups is 5. The number of fused-ring (bicyclic) bond motifs is 1. The number of hydrazine groups is 1. The standard InChI is InChI=1S/C21H32N6O5/c1-12(2)7-9-16(28)18(25-22)24-20(31)15-6-5-11-26-17(29)10-8-14(21(32)27(15)26)23-19(30)13(3)4/h12-15H,5-11H2,1-4H3,(H,23,30)(H,24,31)/t14?,15-/m0/s1. The van der Waals surface area contributed by atoms with Crippen LogP contribution in [0.4, 0.5) is 0 Å². The predicted molar refractivity (Wildman–Crippen MR) is 113 cm³/mol. The van der Waals surface area contributed by atoms with Crippen molar-refractivity contribution in [3.63, 3.8) is 0 Å². The summed E-state index contributed by atoms with van der Waals surface area (Å²) < 4.78 is 0. The highest BCUT2D eigenvalue weighted by Gasteiger charge is 2.46. The predicted octanol–water partition coefficient (Wildman–Crippen LogP) is 0.405. The molecule has 4 amide bonds. The van der Waals surface area contributed by atoms with Crippen molar-refractivity contribution in [2.75, 3.05) is 6.54 Å². The average molecular weight is 449 g/mol. The Labute approximate surface area is 187 Å². The number of hydrogen-bond acceptors (Lipinski definition) is 5. The zero-order chi connectivity index (χ0) is 24.0. The highest BCUT2D eigenvalue weighted by Crippen LogP contribution is 2.25. The van der Waals surface area contributed by atoms with Crippen molar-refractivity contribution in [3.8, 4) is 0 Å². The Morgan fingerprint density at radius 1 is 1.16 bits per heavy atom. The topological polar surface area (TPSA) is 152 Å². The molecule has 2 rings (SSSR count). The lowest BCUT2D eigenvalue weighted by atomic mass is 10.0. The number of amides is 4. The number of hydrogen-bond donors (Lipinski definition) is 2. The van der Waals surface area contributed by atoms with Gasteiger partial charge < -0.3 is 15.6 Å². The molecule has 11 nitrogen and oxygen atoms in total. The van der Waals surface area contributed by atoms with E-state index in [1.165, 1.54) is 5.01 Å². The van der Waals surface area contributed by atoms with Crippen molar-refractivity contribution in [3.05, 3.63) is 5.53 Å². The van der Waals surface area contributed by atoms with Gasteiger partial charge in [0.2, 0.25) is 11.8 Å². The first kappa shape index (κ1) is 25.2. The smallest absolute Gasteiger partial charge is 0.403 e. The minimum Gasteiger partial charge on any atom is -0.497 e. The summed E-state index contributed by atoms with van der Waals surface area (Å²) in [5.74, 6) is -3.04. The van der Waals surface area contributed by atoms with Gasteiger partial charge in [-0.2, -0.15) is 5.32 Å². The van der Waals surface area contributed by atoms with E-state index in [0.717, 1.165) is 5.01 Å². The van der Waals surface area contributed by atoms with E-state index in [1.807, 2.05) is 13.8 Å². The molecule has 32 heavy (non-hydrogen) atoms. The van der Waals surface area contributed by atoms with E-state index in [0.29, 0.717) is 12.8 Å². The maximum absolute atomic E-state index is 13.3. The Morgan fingerprint density at radius 2 is 1.84 bits per heavy atom. The molecule has 176 valence electrons. The molecule has 2 N–H and O–H groups in total. The van der Waals surface area contributed by atoms with Gasteiger partial charge in [-0.05, 0) is 31.6 Å². The van der Waals surface area contributed by atoms with Crippen molar-refractivity contribution in [2.24, 2.45) is 11.8 Å². The van der Waals surface area contributed by atoms with Crippen LogP contribution < -0.4 is 10.6 Å². The molecule has 0 bridgehead atoms. The molecule has 2 heterocycles. The van der Waals surface area contributed by atoms with Crippen molar-refractivity contribution in [1.82, 2.24) is 20.7 Å². The van der Waals surface area contributed by atoms with Crippen molar-refractivity contribution < 1.29 is 28.8 Å². The minimum absolute atomic E-state index is 0.0522. The van der Waals surface area contributed by atoms with Gasteiger partial charge in [0, 0.05) is 25.3 Å². The molecule has 0 aromatic rings. The van der Waals surface area contributed by atoms with Crippen LogP contribution in [0.25, 0.3) is 5.53 Å². The molecule has 11 heteroatoms. The summed E-state index contributed by atoms with van der Waals surface area (Å²) in [5, 5.41) is 7.31. The van der Waals surface area contributed by atoms with Gasteiger partial charge in [-0.15, -0.1) is 0 Å². The molecule has 0 radical (unpaired) electrons. The fourth-order valence-corrected chi connectivity index (χ4v) is 3.63. The number of Topliss-reactive ketones (excluding diaryl/α,β-unsaturated/α-hetero) is 1. The first-order valence-electron chi connectivity index (χ1n) is 11.1. The maximum atomic E-state index is 13.3. The average Bonchev–Trinajstić information content (AvgIpc) is 2.87. The Balaban J connectivity index is 2.23. The third-order valence-electron chi connectivity index (χ3n) is 5.56. The Kier molecular flexibility index (Phi) is 8.65. The quantitative estimate of drug-likeness (QED) is 0.250. The number of ketones is 1. The van der Waals surface area contributed by atoms with Crippen molar-refractivity contribution >= 4 is 35.2 Å². The van der Waals surface area contributed by atoms with Crippen LogP contribution in [0.1, 0.15) is 66.2 Å². The van der Waals surface area contributed by atoms with Crippen LogP contribution in [0.5, 0.6) is 0 Å². The monoisotopic (exact) mass is 448 g/mol. The molecule has 0 saturated carbocycles. The van der Waals surface area contributed by atoms with Gasteiger partial charge >= 0.3 is 11.7 Å². The summed E-state index contributed by atoms with van der Waals surface area (Å²) in [5.41, 5.74) is 9.23. The third-order valence-corrected chi connectivity index (χ3v) is 5.56. The lowest BCUT2D eigenvalue weighted by Gasteiger charge is -2.42. The second-order valence-electron chi connectivity index (χ2n) is 8.91. The van der Waals surface area contributed by atoms with E-state index in [9.17, 15) is 29.5 Å². The van der Waals surface area contributed by atoms with Crippen LogP contribution in [0.15, 0.2) is 0 Å². The summed E-state index contributed by atoms with van der Waals surface area (Å²) in [4.78, 5) is 66.2. The highest BCUT2D eigenvalue weighted by atomic mass is 16.2. The zero-order valence-electron chi connectivity index (χ0n) is 19.1. The number of nitrogens with zero attached hydrogens (tertiary/aromatic N) is 4. The van der Waals surface area contributed by atoms with E-state index in [1.54, 1.807) is 13.8 Å². The van der Waals surface area contributed by atoms with Crippen LogP contribution in [0.3, 0.4) is 0 Å². The minimum atomic E-state index is -1.08. The summed E-state index contributed by atoms with van der Waals surface area (Å²) in [6.45, 7) is 7.53. The second kappa shape index (κ2) is 11.0. The lowest BCUT2D eigenvalue weighted by molar-refractivity contribution is -0.176. The molecular formula is C21H32N6O5. The fourth-order valence-electron chi connectivity index (χ4n) is 3.63. The number of rotatable bonds is 7. The Bertz CT molecular complexity index is 833. The van der Waals surface area contributed by atoms with E-state index in [-0.39, 0.29) is 55.9 Å². The summed E-state index contributed by atoms with van der Waals surface area (Å²) in [7, 11) is 0. The van der Waals surface area contributed by atoms with E-state index in [2.05, 4.69) is 15.4 Å². The first-order valence-corrected chi connectivity index (χ1v) is 11.1. The normalized spacial score (nSPS) is 21.1.